The Kier molecular flexibility index (Phi) is 9.25. The standard InChI is InChI=1S/C33H33BrO5S/c1-24-7-19-32(20-8-24)40(35,36)39-30-17-12-27(13-18-30)33-22-28(34)21-31(38-33)16-11-25-9-14-29(15-10-25)37-23-26-5-3-2-4-6-26/h2-10,12-15,17-20,28,31,33H,11,16,21-23H2,1H3/t28-,31+,33+/m1/s1. The average Bonchev–Trinajstić information content (AvgIpc) is 2.96. The van der Waals surface area contributed by atoms with Crippen LogP contribution >= 0.6 is 15.9 Å². The smallest absolute Gasteiger partial charge is 0.339 e. The SMILES string of the molecule is Cc1ccc(S(=O)(=O)Oc2ccc([C@@H]3C[C@H](Br)C[C@H](CCc4ccc(OCc5ccccc5)cc4)O3)cc2)cc1. The highest BCUT2D eigenvalue weighted by Gasteiger charge is 2.29. The zero-order chi connectivity index (χ0) is 28.0. The van der Waals surface area contributed by atoms with Gasteiger partial charge in [-0.25, -0.2) is 0 Å². The number of hydrogen-bond acceptors (Lipinski definition) is 5. The van der Waals surface area contributed by atoms with Crippen molar-refractivity contribution in [2.24, 2.45) is 0 Å². The molecule has 0 unspecified atom stereocenters. The molecule has 7 heteroatoms. The van der Waals surface area contributed by atoms with Crippen molar-refractivity contribution < 1.29 is 22.1 Å². The second-order valence-corrected chi connectivity index (χ2v) is 13.0. The molecule has 1 aliphatic heterocycles. The molecule has 4 aromatic carbocycles. The lowest BCUT2D eigenvalue weighted by molar-refractivity contribution is -0.0512. The van der Waals surface area contributed by atoms with Gasteiger partial charge in [-0.05, 0) is 85.7 Å². The lowest BCUT2D eigenvalue weighted by Gasteiger charge is -2.33. The van der Waals surface area contributed by atoms with Crippen molar-refractivity contribution in [3.05, 3.63) is 125 Å². The maximum Gasteiger partial charge on any atom is 0.339 e. The monoisotopic (exact) mass is 620 g/mol. The van der Waals surface area contributed by atoms with Crippen molar-refractivity contribution in [2.45, 2.75) is 61.1 Å². The van der Waals surface area contributed by atoms with Gasteiger partial charge in [-0.2, -0.15) is 8.42 Å². The van der Waals surface area contributed by atoms with Gasteiger partial charge in [0.15, 0.2) is 0 Å². The number of alkyl halides is 1. The maximum atomic E-state index is 12.6. The minimum absolute atomic E-state index is 0.0698. The van der Waals surface area contributed by atoms with Gasteiger partial charge in [-0.3, -0.25) is 0 Å². The van der Waals surface area contributed by atoms with Crippen LogP contribution in [-0.2, 0) is 27.9 Å². The lowest BCUT2D eigenvalue weighted by Crippen LogP contribution is -2.29. The van der Waals surface area contributed by atoms with Crippen molar-refractivity contribution in [2.75, 3.05) is 0 Å². The van der Waals surface area contributed by atoms with Gasteiger partial charge in [-0.1, -0.05) is 88.2 Å². The van der Waals surface area contributed by atoms with Crippen molar-refractivity contribution in [3.63, 3.8) is 0 Å². The number of aryl methyl sites for hydroxylation is 2. The first kappa shape index (κ1) is 28.4. The zero-order valence-electron chi connectivity index (χ0n) is 22.4. The summed E-state index contributed by atoms with van der Waals surface area (Å²) >= 11 is 3.82. The van der Waals surface area contributed by atoms with Gasteiger partial charge in [0.2, 0.25) is 0 Å². The highest BCUT2D eigenvalue weighted by Crippen LogP contribution is 2.37. The lowest BCUT2D eigenvalue weighted by atomic mass is 9.95. The van der Waals surface area contributed by atoms with Crippen LogP contribution in [0.3, 0.4) is 0 Å². The molecular weight excluding hydrogens is 588 g/mol. The number of rotatable bonds is 10. The van der Waals surface area contributed by atoms with Gasteiger partial charge >= 0.3 is 10.1 Å². The van der Waals surface area contributed by atoms with Gasteiger partial charge in [-0.15, -0.1) is 0 Å². The first-order chi connectivity index (χ1) is 19.3. The third kappa shape index (κ3) is 7.74. The Labute approximate surface area is 245 Å². The van der Waals surface area contributed by atoms with Gasteiger partial charge in [0.1, 0.15) is 23.0 Å². The topological polar surface area (TPSA) is 61.8 Å². The minimum atomic E-state index is -3.88. The van der Waals surface area contributed by atoms with E-state index in [0.29, 0.717) is 11.4 Å². The predicted octanol–water partition coefficient (Wildman–Crippen LogP) is 7.96. The van der Waals surface area contributed by atoms with Crippen LogP contribution in [0.5, 0.6) is 11.5 Å². The maximum absolute atomic E-state index is 12.6. The summed E-state index contributed by atoms with van der Waals surface area (Å²) in [5.74, 6) is 1.14. The van der Waals surface area contributed by atoms with Crippen LogP contribution < -0.4 is 8.92 Å². The first-order valence-corrected chi connectivity index (χ1v) is 15.8. The van der Waals surface area contributed by atoms with Gasteiger partial charge in [0.25, 0.3) is 0 Å². The predicted molar refractivity (Wildman–Crippen MR) is 161 cm³/mol. The highest BCUT2D eigenvalue weighted by molar-refractivity contribution is 9.09. The van der Waals surface area contributed by atoms with E-state index in [0.717, 1.165) is 48.1 Å². The fourth-order valence-corrected chi connectivity index (χ4v) is 6.48. The summed E-state index contributed by atoms with van der Waals surface area (Å²) in [7, 11) is -3.88. The van der Waals surface area contributed by atoms with Crippen LogP contribution in [-0.4, -0.2) is 19.3 Å². The van der Waals surface area contributed by atoms with E-state index in [-0.39, 0.29) is 22.9 Å². The Morgan fingerprint density at radius 2 is 1.48 bits per heavy atom. The van der Waals surface area contributed by atoms with E-state index >= 15 is 0 Å². The first-order valence-electron chi connectivity index (χ1n) is 13.5. The second-order valence-electron chi connectivity index (χ2n) is 10.2. The highest BCUT2D eigenvalue weighted by atomic mass is 79.9. The Hall–Kier alpha value is -3.13. The third-order valence-corrected chi connectivity index (χ3v) is 9.05. The second kappa shape index (κ2) is 13.0. The Bertz CT molecular complexity index is 1470. The molecule has 1 fully saturated rings. The van der Waals surface area contributed by atoms with Gasteiger partial charge in [0.05, 0.1) is 12.2 Å². The molecule has 1 aliphatic rings. The Morgan fingerprint density at radius 3 is 2.17 bits per heavy atom. The van der Waals surface area contributed by atoms with Crippen molar-refractivity contribution in [3.8, 4) is 11.5 Å². The molecule has 1 saturated heterocycles. The molecule has 3 atom stereocenters. The molecule has 5 rings (SSSR count). The van der Waals surface area contributed by atoms with E-state index < -0.39 is 10.1 Å². The Morgan fingerprint density at radius 1 is 0.800 bits per heavy atom. The van der Waals surface area contributed by atoms with E-state index in [1.165, 1.54) is 5.56 Å². The van der Waals surface area contributed by atoms with Crippen molar-refractivity contribution in [1.82, 2.24) is 0 Å². The summed E-state index contributed by atoms with van der Waals surface area (Å²) in [6.45, 7) is 2.46. The van der Waals surface area contributed by atoms with E-state index in [1.54, 1.807) is 36.4 Å². The molecule has 0 aliphatic carbocycles. The van der Waals surface area contributed by atoms with Crippen molar-refractivity contribution in [1.29, 1.82) is 0 Å². The summed E-state index contributed by atoms with van der Waals surface area (Å²) in [5.41, 5.74) is 4.39. The van der Waals surface area contributed by atoms with Crippen LogP contribution in [0.15, 0.2) is 108 Å². The number of ether oxygens (including phenoxy) is 2. The van der Waals surface area contributed by atoms with Crippen molar-refractivity contribution >= 4 is 26.0 Å². The fraction of sp³-hybridized carbons (Fsp3) is 0.273. The zero-order valence-corrected chi connectivity index (χ0v) is 24.8. The molecule has 5 nitrogen and oxygen atoms in total. The van der Waals surface area contributed by atoms with E-state index in [2.05, 4.69) is 40.2 Å². The molecule has 1 heterocycles. The molecule has 208 valence electrons. The summed E-state index contributed by atoms with van der Waals surface area (Å²) < 4.78 is 43.0. The molecule has 0 radical (unpaired) electrons. The summed E-state index contributed by atoms with van der Waals surface area (Å²) in [4.78, 5) is 0.486. The van der Waals surface area contributed by atoms with Gasteiger partial charge in [0, 0.05) is 4.83 Å². The quantitative estimate of drug-likeness (QED) is 0.133. The summed E-state index contributed by atoms with van der Waals surface area (Å²) in [5, 5.41) is 0. The molecular formula is C33H33BrO5S. The Balaban J connectivity index is 1.14. The molecule has 0 spiro atoms. The summed E-state index contributed by atoms with van der Waals surface area (Å²) in [6.07, 6.45) is 3.68. The minimum Gasteiger partial charge on any atom is -0.489 e. The molecule has 0 aromatic heterocycles. The van der Waals surface area contributed by atoms with Crippen LogP contribution in [0.2, 0.25) is 0 Å². The number of hydrogen-bond donors (Lipinski definition) is 0. The largest absolute Gasteiger partial charge is 0.489 e. The van der Waals surface area contributed by atoms with Gasteiger partial charge < -0.3 is 13.7 Å². The normalized spacial score (nSPS) is 19.2. The molecule has 0 amide bonds. The molecule has 0 saturated carbocycles. The average molecular weight is 622 g/mol. The molecule has 0 bridgehead atoms. The van der Waals surface area contributed by atoms with E-state index in [9.17, 15) is 8.42 Å². The molecule has 0 N–H and O–H groups in total. The van der Waals surface area contributed by atoms with E-state index in [1.807, 2.05) is 49.4 Å². The van der Waals surface area contributed by atoms with Crippen LogP contribution in [0, 0.1) is 6.92 Å². The molecule has 4 aromatic rings. The fourth-order valence-electron chi connectivity index (χ4n) is 4.80. The molecule has 40 heavy (non-hydrogen) atoms. The number of halogens is 1. The third-order valence-electron chi connectivity index (χ3n) is 7.04. The van der Waals surface area contributed by atoms with Crippen LogP contribution in [0.1, 0.15) is 47.6 Å². The summed E-state index contributed by atoms with van der Waals surface area (Å²) in [6, 6.07) is 32.2. The van der Waals surface area contributed by atoms with Crippen LogP contribution in [0.4, 0.5) is 0 Å². The van der Waals surface area contributed by atoms with E-state index in [4.69, 9.17) is 13.7 Å². The number of benzene rings is 4. The van der Waals surface area contributed by atoms with Crippen LogP contribution in [0.25, 0.3) is 0 Å².